The van der Waals surface area contributed by atoms with Gasteiger partial charge in [0.2, 0.25) is 0 Å². The van der Waals surface area contributed by atoms with E-state index >= 15 is 0 Å². The van der Waals surface area contributed by atoms with Gasteiger partial charge < -0.3 is 5.73 Å². The predicted molar refractivity (Wildman–Crippen MR) is 72.7 cm³/mol. The Balaban J connectivity index is 1.84. The van der Waals surface area contributed by atoms with E-state index in [1.807, 2.05) is 34.4 Å². The van der Waals surface area contributed by atoms with Crippen LogP contribution in [0.1, 0.15) is 22.9 Å². The van der Waals surface area contributed by atoms with E-state index in [1.165, 1.54) is 5.56 Å². The van der Waals surface area contributed by atoms with E-state index in [1.54, 1.807) is 17.5 Å². The average molecular weight is 258 g/mol. The van der Waals surface area contributed by atoms with Crippen LogP contribution in [0.5, 0.6) is 0 Å². The number of hydrogen-bond acceptors (Lipinski definition) is 4. The summed E-state index contributed by atoms with van der Waals surface area (Å²) in [6.07, 6.45) is 8.42. The van der Waals surface area contributed by atoms with Crippen molar-refractivity contribution in [2.75, 3.05) is 0 Å². The van der Waals surface area contributed by atoms with Crippen LogP contribution in [0.2, 0.25) is 0 Å². The summed E-state index contributed by atoms with van der Waals surface area (Å²) in [5, 5.41) is 2.03. The van der Waals surface area contributed by atoms with Gasteiger partial charge in [-0.1, -0.05) is 0 Å². The van der Waals surface area contributed by atoms with Crippen LogP contribution in [0.15, 0.2) is 36.2 Å². The van der Waals surface area contributed by atoms with Crippen molar-refractivity contribution in [2.45, 2.75) is 19.4 Å². The van der Waals surface area contributed by atoms with E-state index in [2.05, 4.69) is 16.9 Å². The van der Waals surface area contributed by atoms with Gasteiger partial charge in [0.25, 0.3) is 0 Å². The third-order valence-electron chi connectivity index (χ3n) is 3.05. The van der Waals surface area contributed by atoms with Crippen LogP contribution >= 0.6 is 11.3 Å². The number of fused-ring (bicyclic) bond motifs is 1. The molecule has 0 radical (unpaired) electrons. The van der Waals surface area contributed by atoms with Crippen LogP contribution in [0.25, 0.3) is 4.96 Å². The van der Waals surface area contributed by atoms with Gasteiger partial charge in [0.15, 0.2) is 4.96 Å². The number of nitrogens with zero attached hydrogens (tertiary/aromatic N) is 3. The Bertz CT molecular complexity index is 642. The molecule has 0 amide bonds. The third kappa shape index (κ3) is 2.02. The summed E-state index contributed by atoms with van der Waals surface area (Å²) in [4.78, 5) is 9.70. The standard InChI is InChI=1S/C13H14N4S/c1-9-2-3-15-7-11(9)12(14)6-10-8-17-4-5-18-13(17)16-10/h2-5,7-8,12H,6,14H2,1H3. The highest BCUT2D eigenvalue weighted by atomic mass is 32.1. The van der Waals surface area contributed by atoms with Crippen molar-refractivity contribution in [3.05, 3.63) is 53.1 Å². The van der Waals surface area contributed by atoms with Crippen molar-refractivity contribution in [2.24, 2.45) is 5.73 Å². The molecule has 0 bridgehead atoms. The highest BCUT2D eigenvalue weighted by Crippen LogP contribution is 2.19. The number of hydrogen-bond donors (Lipinski definition) is 1. The highest BCUT2D eigenvalue weighted by molar-refractivity contribution is 7.15. The summed E-state index contributed by atoms with van der Waals surface area (Å²) in [5.41, 5.74) is 9.53. The maximum Gasteiger partial charge on any atom is 0.193 e. The molecule has 3 rings (SSSR count). The molecule has 0 saturated heterocycles. The summed E-state index contributed by atoms with van der Waals surface area (Å²) in [7, 11) is 0. The van der Waals surface area contributed by atoms with Crippen molar-refractivity contribution in [1.29, 1.82) is 0 Å². The number of nitrogens with two attached hydrogens (primary N) is 1. The number of pyridine rings is 1. The minimum absolute atomic E-state index is 0.0525. The number of rotatable bonds is 3. The number of aryl methyl sites for hydroxylation is 1. The van der Waals surface area contributed by atoms with Crippen molar-refractivity contribution in [1.82, 2.24) is 14.4 Å². The first-order chi connectivity index (χ1) is 8.74. The van der Waals surface area contributed by atoms with E-state index < -0.39 is 0 Å². The normalized spacial score (nSPS) is 13.0. The topological polar surface area (TPSA) is 56.2 Å². The molecule has 92 valence electrons. The van der Waals surface area contributed by atoms with Gasteiger partial charge in [0.05, 0.1) is 5.69 Å². The van der Waals surface area contributed by atoms with Crippen molar-refractivity contribution in [3.8, 4) is 0 Å². The van der Waals surface area contributed by atoms with Crippen LogP contribution < -0.4 is 5.73 Å². The maximum absolute atomic E-state index is 6.23. The van der Waals surface area contributed by atoms with Gasteiger partial charge in [-0.25, -0.2) is 4.98 Å². The fourth-order valence-corrected chi connectivity index (χ4v) is 2.79. The lowest BCUT2D eigenvalue weighted by Crippen LogP contribution is -2.15. The Hall–Kier alpha value is -1.72. The lowest BCUT2D eigenvalue weighted by atomic mass is 10.0. The molecule has 0 fully saturated rings. The maximum atomic E-state index is 6.23. The minimum Gasteiger partial charge on any atom is -0.324 e. The molecule has 5 heteroatoms. The summed E-state index contributed by atoms with van der Waals surface area (Å²) in [6, 6.07) is 1.93. The molecule has 3 aromatic heterocycles. The molecule has 1 unspecified atom stereocenters. The van der Waals surface area contributed by atoms with Crippen LogP contribution in [0.3, 0.4) is 0 Å². The van der Waals surface area contributed by atoms with Crippen molar-refractivity contribution in [3.63, 3.8) is 0 Å². The quantitative estimate of drug-likeness (QED) is 0.784. The van der Waals surface area contributed by atoms with E-state index in [0.29, 0.717) is 0 Å². The first-order valence-electron chi connectivity index (χ1n) is 5.81. The predicted octanol–water partition coefficient (Wildman–Crippen LogP) is 2.34. The average Bonchev–Trinajstić information content (AvgIpc) is 2.90. The van der Waals surface area contributed by atoms with E-state index in [9.17, 15) is 0 Å². The van der Waals surface area contributed by atoms with Crippen LogP contribution in [0.4, 0.5) is 0 Å². The molecule has 0 spiro atoms. The number of thiazole rings is 1. The first kappa shape index (κ1) is 11.4. The summed E-state index contributed by atoms with van der Waals surface area (Å²) in [5.74, 6) is 0. The molecule has 0 saturated carbocycles. The molecular formula is C13H14N4S. The molecule has 0 aliphatic carbocycles. The van der Waals surface area contributed by atoms with Gasteiger partial charge >= 0.3 is 0 Å². The largest absolute Gasteiger partial charge is 0.324 e. The van der Waals surface area contributed by atoms with Crippen LogP contribution in [0, 0.1) is 6.92 Å². The Labute approximate surface area is 109 Å². The Morgan fingerprint density at radius 1 is 1.50 bits per heavy atom. The third-order valence-corrected chi connectivity index (χ3v) is 3.82. The van der Waals surface area contributed by atoms with Crippen molar-refractivity contribution >= 4 is 16.3 Å². The molecule has 1 atom stereocenters. The molecule has 2 N–H and O–H groups in total. The molecular weight excluding hydrogens is 244 g/mol. The van der Waals surface area contributed by atoms with Gasteiger partial charge in [-0.3, -0.25) is 9.38 Å². The monoisotopic (exact) mass is 258 g/mol. The second-order valence-electron chi connectivity index (χ2n) is 4.37. The zero-order chi connectivity index (χ0) is 12.5. The van der Waals surface area contributed by atoms with Gasteiger partial charge in [-0.2, -0.15) is 0 Å². The smallest absolute Gasteiger partial charge is 0.193 e. The first-order valence-corrected chi connectivity index (χ1v) is 6.69. The van der Waals surface area contributed by atoms with E-state index in [4.69, 9.17) is 5.73 Å². The molecule has 18 heavy (non-hydrogen) atoms. The fourth-order valence-electron chi connectivity index (χ4n) is 2.07. The molecule has 0 aliphatic heterocycles. The van der Waals surface area contributed by atoms with Crippen LogP contribution in [-0.4, -0.2) is 14.4 Å². The SMILES string of the molecule is Cc1ccncc1C(N)Cc1cn2ccsc2n1. The lowest BCUT2D eigenvalue weighted by Gasteiger charge is -2.12. The van der Waals surface area contributed by atoms with Crippen molar-refractivity contribution < 1.29 is 0 Å². The van der Waals surface area contributed by atoms with E-state index in [-0.39, 0.29) is 6.04 Å². The molecule has 4 nitrogen and oxygen atoms in total. The zero-order valence-electron chi connectivity index (χ0n) is 10.1. The van der Waals surface area contributed by atoms with Crippen LogP contribution in [-0.2, 0) is 6.42 Å². The van der Waals surface area contributed by atoms with E-state index in [0.717, 1.165) is 22.6 Å². The Kier molecular flexibility index (Phi) is 2.85. The molecule has 0 aliphatic rings. The summed E-state index contributed by atoms with van der Waals surface area (Å²) < 4.78 is 2.03. The second kappa shape index (κ2) is 4.51. The molecule has 3 heterocycles. The number of aromatic nitrogens is 3. The lowest BCUT2D eigenvalue weighted by molar-refractivity contribution is 0.701. The molecule has 0 aromatic carbocycles. The summed E-state index contributed by atoms with van der Waals surface area (Å²) in [6.45, 7) is 2.06. The molecule has 3 aromatic rings. The second-order valence-corrected chi connectivity index (χ2v) is 5.24. The minimum atomic E-state index is -0.0525. The highest BCUT2D eigenvalue weighted by Gasteiger charge is 2.12. The van der Waals surface area contributed by atoms with Gasteiger partial charge in [0.1, 0.15) is 0 Å². The Morgan fingerprint density at radius 2 is 2.39 bits per heavy atom. The summed E-state index contributed by atoms with van der Waals surface area (Å²) >= 11 is 1.63. The van der Waals surface area contributed by atoms with Gasteiger partial charge in [0, 0.05) is 42.6 Å². The fraction of sp³-hybridized carbons (Fsp3) is 0.231. The zero-order valence-corrected chi connectivity index (χ0v) is 10.9. The Morgan fingerprint density at radius 3 is 3.17 bits per heavy atom. The van der Waals surface area contributed by atoms with Gasteiger partial charge in [-0.15, -0.1) is 11.3 Å². The number of imidazole rings is 1. The van der Waals surface area contributed by atoms with Gasteiger partial charge in [-0.05, 0) is 24.1 Å².